The molecule has 7 heteroatoms. The maximum Gasteiger partial charge on any atom is 0.249 e. The van der Waals surface area contributed by atoms with Gasteiger partial charge in [0.25, 0.3) is 0 Å². The molecule has 4 rings (SSSR count). The number of aromatic nitrogens is 2. The largest absolute Gasteiger partial charge is 0.337 e. The number of amides is 1. The molecule has 1 amide bonds. The predicted octanol–water partition coefficient (Wildman–Crippen LogP) is 4.39. The van der Waals surface area contributed by atoms with E-state index in [1.807, 2.05) is 30.3 Å². The smallest absolute Gasteiger partial charge is 0.249 e. The molecule has 0 aliphatic carbocycles. The van der Waals surface area contributed by atoms with Gasteiger partial charge in [0.05, 0.1) is 0 Å². The average Bonchev–Trinajstić information content (AvgIpc) is 3.26. The average molecular weight is 372 g/mol. The third-order valence-electron chi connectivity index (χ3n) is 4.44. The Labute approximate surface area is 154 Å². The van der Waals surface area contributed by atoms with Crippen molar-refractivity contribution < 1.29 is 13.7 Å². The summed E-state index contributed by atoms with van der Waals surface area (Å²) in [5.74, 6) is 0.454. The highest BCUT2D eigenvalue weighted by Crippen LogP contribution is 2.35. The quantitative estimate of drug-likeness (QED) is 0.682. The first-order valence-electron chi connectivity index (χ1n) is 8.24. The molecule has 1 unspecified atom stereocenters. The van der Waals surface area contributed by atoms with Gasteiger partial charge >= 0.3 is 0 Å². The number of halogens is 2. The van der Waals surface area contributed by atoms with E-state index in [0.717, 1.165) is 5.56 Å². The second kappa shape index (κ2) is 6.88. The van der Waals surface area contributed by atoms with Crippen LogP contribution in [0.5, 0.6) is 0 Å². The summed E-state index contributed by atoms with van der Waals surface area (Å²) < 4.78 is 18.7. The van der Waals surface area contributed by atoms with Crippen molar-refractivity contribution >= 4 is 17.5 Å². The molecule has 1 saturated heterocycles. The van der Waals surface area contributed by atoms with Gasteiger partial charge in [-0.25, -0.2) is 4.39 Å². The summed E-state index contributed by atoms with van der Waals surface area (Å²) in [5, 5.41) is 4.32. The van der Waals surface area contributed by atoms with Crippen molar-refractivity contribution in [3.05, 3.63) is 70.8 Å². The molecule has 2 aromatic carbocycles. The Kier molecular flexibility index (Phi) is 4.42. The molecule has 0 saturated carbocycles. The van der Waals surface area contributed by atoms with Crippen molar-refractivity contribution in [3.63, 3.8) is 0 Å². The summed E-state index contributed by atoms with van der Waals surface area (Å²) in [7, 11) is 0. The van der Waals surface area contributed by atoms with Crippen molar-refractivity contribution in [3.8, 4) is 11.4 Å². The Hall–Kier alpha value is -2.73. The first-order valence-corrected chi connectivity index (χ1v) is 8.62. The van der Waals surface area contributed by atoms with Crippen molar-refractivity contribution in [2.75, 3.05) is 0 Å². The van der Waals surface area contributed by atoms with Crippen LogP contribution in [0.25, 0.3) is 11.4 Å². The van der Waals surface area contributed by atoms with Gasteiger partial charge in [0.2, 0.25) is 17.6 Å². The fraction of sp³-hybridized carbons (Fsp3) is 0.211. The van der Waals surface area contributed by atoms with Gasteiger partial charge in [0.15, 0.2) is 0 Å². The predicted molar refractivity (Wildman–Crippen MR) is 93.7 cm³/mol. The van der Waals surface area contributed by atoms with Crippen LogP contribution in [0, 0.1) is 5.82 Å². The number of hydrogen-bond donors (Lipinski definition) is 0. The van der Waals surface area contributed by atoms with Gasteiger partial charge < -0.3 is 9.42 Å². The van der Waals surface area contributed by atoms with Crippen molar-refractivity contribution in [2.24, 2.45) is 0 Å². The van der Waals surface area contributed by atoms with Crippen LogP contribution in [0.3, 0.4) is 0 Å². The SMILES string of the molecule is O=C1CCC(c2nc(-c3ccccc3)no2)N1Cc1ccc(F)cc1Cl. The molecular formula is C19H15ClFN3O2. The fourth-order valence-corrected chi connectivity index (χ4v) is 3.32. The van der Waals surface area contributed by atoms with Gasteiger partial charge in [-0.15, -0.1) is 0 Å². The first kappa shape index (κ1) is 16.7. The zero-order chi connectivity index (χ0) is 18.1. The number of nitrogens with zero attached hydrogens (tertiary/aromatic N) is 3. The topological polar surface area (TPSA) is 59.2 Å². The minimum Gasteiger partial charge on any atom is -0.337 e. The van der Waals surface area contributed by atoms with E-state index in [4.69, 9.17) is 16.1 Å². The van der Waals surface area contributed by atoms with E-state index in [1.165, 1.54) is 12.1 Å². The summed E-state index contributed by atoms with van der Waals surface area (Å²) in [6.45, 7) is 0.270. The van der Waals surface area contributed by atoms with Gasteiger partial charge in [-0.3, -0.25) is 4.79 Å². The van der Waals surface area contributed by atoms with Crippen LogP contribution < -0.4 is 0 Å². The highest BCUT2D eigenvalue weighted by molar-refractivity contribution is 6.31. The molecule has 0 radical (unpaired) electrons. The molecule has 1 aromatic heterocycles. The van der Waals surface area contributed by atoms with E-state index >= 15 is 0 Å². The van der Waals surface area contributed by atoms with Gasteiger partial charge in [-0.2, -0.15) is 4.98 Å². The molecule has 5 nitrogen and oxygen atoms in total. The molecule has 0 N–H and O–H groups in total. The lowest BCUT2D eigenvalue weighted by Crippen LogP contribution is -2.27. The molecule has 1 atom stereocenters. The van der Waals surface area contributed by atoms with Gasteiger partial charge in [0, 0.05) is 23.6 Å². The third kappa shape index (κ3) is 3.20. The van der Waals surface area contributed by atoms with Crippen molar-refractivity contribution in [1.29, 1.82) is 0 Å². The number of hydrogen-bond acceptors (Lipinski definition) is 4. The second-order valence-electron chi connectivity index (χ2n) is 6.13. The van der Waals surface area contributed by atoms with Crippen LogP contribution in [-0.4, -0.2) is 20.9 Å². The lowest BCUT2D eigenvalue weighted by atomic mass is 10.1. The minimum absolute atomic E-state index is 0.0187. The van der Waals surface area contributed by atoms with Crippen molar-refractivity contribution in [2.45, 2.75) is 25.4 Å². The summed E-state index contributed by atoms with van der Waals surface area (Å²) in [6.07, 6.45) is 0.987. The first-order chi connectivity index (χ1) is 12.6. The summed E-state index contributed by atoms with van der Waals surface area (Å²) in [6, 6.07) is 13.3. The zero-order valence-corrected chi connectivity index (χ0v) is 14.5. The molecule has 2 heterocycles. The van der Waals surface area contributed by atoms with Crippen LogP contribution in [0.1, 0.15) is 30.3 Å². The fourth-order valence-electron chi connectivity index (χ4n) is 3.10. The molecule has 0 spiro atoms. The van der Waals surface area contributed by atoms with E-state index in [2.05, 4.69) is 10.1 Å². The molecular weight excluding hydrogens is 357 g/mol. The molecule has 1 fully saturated rings. The molecule has 1 aliphatic rings. The van der Waals surface area contributed by atoms with Crippen LogP contribution in [-0.2, 0) is 11.3 Å². The van der Waals surface area contributed by atoms with E-state index in [0.29, 0.717) is 35.1 Å². The maximum absolute atomic E-state index is 13.2. The van der Waals surface area contributed by atoms with Crippen LogP contribution in [0.15, 0.2) is 53.1 Å². The summed E-state index contributed by atoms with van der Waals surface area (Å²) in [5.41, 5.74) is 1.52. The Morgan fingerprint density at radius 3 is 2.81 bits per heavy atom. The normalized spacial score (nSPS) is 17.1. The Balaban J connectivity index is 1.59. The second-order valence-corrected chi connectivity index (χ2v) is 6.54. The zero-order valence-electron chi connectivity index (χ0n) is 13.7. The summed E-state index contributed by atoms with van der Waals surface area (Å²) >= 11 is 6.10. The maximum atomic E-state index is 13.2. The van der Waals surface area contributed by atoms with E-state index < -0.39 is 5.82 Å². The Morgan fingerprint density at radius 1 is 1.23 bits per heavy atom. The number of rotatable bonds is 4. The van der Waals surface area contributed by atoms with Gasteiger partial charge in [-0.1, -0.05) is 53.2 Å². The van der Waals surface area contributed by atoms with Crippen LogP contribution in [0.4, 0.5) is 4.39 Å². The highest BCUT2D eigenvalue weighted by atomic mass is 35.5. The number of benzene rings is 2. The third-order valence-corrected chi connectivity index (χ3v) is 4.79. The molecule has 0 bridgehead atoms. The lowest BCUT2D eigenvalue weighted by Gasteiger charge is -2.22. The van der Waals surface area contributed by atoms with Crippen molar-refractivity contribution in [1.82, 2.24) is 15.0 Å². The molecule has 26 heavy (non-hydrogen) atoms. The van der Waals surface area contributed by atoms with Crippen LogP contribution in [0.2, 0.25) is 5.02 Å². The Bertz CT molecular complexity index is 945. The summed E-state index contributed by atoms with van der Waals surface area (Å²) in [4.78, 5) is 18.5. The number of likely N-dealkylation sites (tertiary alicyclic amines) is 1. The monoisotopic (exact) mass is 371 g/mol. The van der Waals surface area contributed by atoms with E-state index in [1.54, 1.807) is 11.0 Å². The minimum atomic E-state index is -0.410. The van der Waals surface area contributed by atoms with E-state index in [9.17, 15) is 9.18 Å². The van der Waals surface area contributed by atoms with E-state index in [-0.39, 0.29) is 18.5 Å². The number of carbonyl (C=O) groups excluding carboxylic acids is 1. The standard InChI is InChI=1S/C19H15ClFN3O2/c20-15-10-14(21)7-6-13(15)11-24-16(8-9-17(24)25)19-22-18(23-26-19)12-4-2-1-3-5-12/h1-7,10,16H,8-9,11H2. The lowest BCUT2D eigenvalue weighted by molar-refractivity contribution is -0.129. The molecule has 1 aliphatic heterocycles. The Morgan fingerprint density at radius 2 is 2.04 bits per heavy atom. The highest BCUT2D eigenvalue weighted by Gasteiger charge is 2.36. The van der Waals surface area contributed by atoms with Gasteiger partial charge in [0.1, 0.15) is 11.9 Å². The van der Waals surface area contributed by atoms with Crippen LogP contribution >= 0.6 is 11.6 Å². The molecule has 3 aromatic rings. The molecule has 132 valence electrons. The van der Waals surface area contributed by atoms with Gasteiger partial charge in [-0.05, 0) is 24.1 Å². The number of carbonyl (C=O) groups is 1.